The number of amides is 2. The third kappa shape index (κ3) is 3.44. The summed E-state index contributed by atoms with van der Waals surface area (Å²) in [7, 11) is 0. The molecule has 0 aliphatic carbocycles. The van der Waals surface area contributed by atoms with Gasteiger partial charge in [0.05, 0.1) is 0 Å². The Bertz CT molecular complexity index is 1500. The third-order valence-electron chi connectivity index (χ3n) is 6.24. The number of nitrogens with zero attached hydrogens (tertiary/aromatic N) is 2. The topological polar surface area (TPSA) is 93.9 Å². The molecule has 5 aromatic rings. The van der Waals surface area contributed by atoms with E-state index in [1.54, 1.807) is 17.3 Å². The average Bonchev–Trinajstić information content (AvgIpc) is 3.61. The zero-order chi connectivity index (χ0) is 23.1. The molecule has 1 aliphatic heterocycles. The Morgan fingerprint density at radius 2 is 1.76 bits per heavy atom. The Kier molecular flexibility index (Phi) is 4.73. The van der Waals surface area contributed by atoms with Gasteiger partial charge in [0, 0.05) is 36.2 Å². The van der Waals surface area contributed by atoms with E-state index in [0.29, 0.717) is 18.1 Å². The summed E-state index contributed by atoms with van der Waals surface area (Å²) in [5.41, 5.74) is 5.34. The SMILES string of the molecule is O=C(Nc1ncc[nH]1)C(c1ccccc1)N1Cc2ccc(-c3ccc4[nH]ccc4c3)cc2C1=O. The maximum Gasteiger partial charge on any atom is 0.255 e. The van der Waals surface area contributed by atoms with Crippen LogP contribution in [0.1, 0.15) is 27.5 Å². The van der Waals surface area contributed by atoms with Crippen molar-refractivity contribution >= 4 is 28.7 Å². The van der Waals surface area contributed by atoms with Gasteiger partial charge in [-0.2, -0.15) is 0 Å². The molecule has 7 nitrogen and oxygen atoms in total. The van der Waals surface area contributed by atoms with Crippen LogP contribution in [0.4, 0.5) is 5.95 Å². The highest BCUT2D eigenvalue weighted by atomic mass is 16.2. The zero-order valence-electron chi connectivity index (χ0n) is 18.2. The van der Waals surface area contributed by atoms with Crippen LogP contribution in [-0.2, 0) is 11.3 Å². The van der Waals surface area contributed by atoms with Crippen molar-refractivity contribution in [1.29, 1.82) is 0 Å². The van der Waals surface area contributed by atoms with Gasteiger partial charge in [0.1, 0.15) is 6.04 Å². The highest BCUT2D eigenvalue weighted by Gasteiger charge is 2.37. The smallest absolute Gasteiger partial charge is 0.255 e. The largest absolute Gasteiger partial charge is 0.361 e. The van der Waals surface area contributed by atoms with Gasteiger partial charge in [-0.25, -0.2) is 4.98 Å². The summed E-state index contributed by atoms with van der Waals surface area (Å²) in [5, 5.41) is 3.91. The molecule has 3 heterocycles. The van der Waals surface area contributed by atoms with Gasteiger partial charge in [-0.1, -0.05) is 48.5 Å². The number of aromatic amines is 2. The molecular formula is C27H21N5O2. The molecule has 6 rings (SSSR count). The molecule has 1 unspecified atom stereocenters. The summed E-state index contributed by atoms with van der Waals surface area (Å²) >= 11 is 0. The molecule has 166 valence electrons. The first kappa shape index (κ1) is 20.0. The summed E-state index contributed by atoms with van der Waals surface area (Å²) in [5.74, 6) is -0.138. The molecule has 0 fully saturated rings. The van der Waals surface area contributed by atoms with Crippen LogP contribution in [0.2, 0.25) is 0 Å². The normalized spacial score (nSPS) is 13.8. The molecule has 3 N–H and O–H groups in total. The van der Waals surface area contributed by atoms with E-state index in [1.165, 1.54) is 0 Å². The lowest BCUT2D eigenvalue weighted by molar-refractivity contribution is -0.120. The Hall–Kier alpha value is -4.65. The van der Waals surface area contributed by atoms with Crippen molar-refractivity contribution < 1.29 is 9.59 Å². The predicted octanol–water partition coefficient (Wildman–Crippen LogP) is 4.89. The van der Waals surface area contributed by atoms with Gasteiger partial charge in [-0.05, 0) is 51.9 Å². The van der Waals surface area contributed by atoms with Crippen molar-refractivity contribution in [2.75, 3.05) is 5.32 Å². The number of benzene rings is 3. The van der Waals surface area contributed by atoms with E-state index in [4.69, 9.17) is 0 Å². The highest BCUT2D eigenvalue weighted by molar-refractivity contribution is 6.04. The van der Waals surface area contributed by atoms with Gasteiger partial charge in [0.15, 0.2) is 0 Å². The number of aromatic nitrogens is 3. The highest BCUT2D eigenvalue weighted by Crippen LogP contribution is 2.35. The van der Waals surface area contributed by atoms with Crippen LogP contribution < -0.4 is 5.32 Å². The molecule has 1 aliphatic rings. The molecule has 0 spiro atoms. The Morgan fingerprint density at radius 3 is 2.59 bits per heavy atom. The van der Waals surface area contributed by atoms with E-state index in [0.717, 1.165) is 33.2 Å². The second kappa shape index (κ2) is 8.04. The maximum absolute atomic E-state index is 13.6. The number of hydrogen-bond donors (Lipinski definition) is 3. The molecule has 1 atom stereocenters. The van der Waals surface area contributed by atoms with Crippen molar-refractivity contribution in [3.63, 3.8) is 0 Å². The van der Waals surface area contributed by atoms with E-state index < -0.39 is 6.04 Å². The van der Waals surface area contributed by atoms with E-state index in [-0.39, 0.29) is 11.8 Å². The van der Waals surface area contributed by atoms with Gasteiger partial charge in [0.2, 0.25) is 5.95 Å². The van der Waals surface area contributed by atoms with E-state index in [1.807, 2.05) is 72.9 Å². The molecule has 7 heteroatoms. The Labute approximate surface area is 195 Å². The van der Waals surface area contributed by atoms with Crippen LogP contribution >= 0.6 is 0 Å². The fraction of sp³-hybridized carbons (Fsp3) is 0.0741. The van der Waals surface area contributed by atoms with Crippen molar-refractivity contribution in [2.24, 2.45) is 0 Å². The number of nitrogens with one attached hydrogen (secondary N) is 3. The van der Waals surface area contributed by atoms with Gasteiger partial charge in [-0.3, -0.25) is 14.9 Å². The van der Waals surface area contributed by atoms with Gasteiger partial charge >= 0.3 is 0 Å². The van der Waals surface area contributed by atoms with Crippen LogP contribution in [0.25, 0.3) is 22.0 Å². The number of hydrogen-bond acceptors (Lipinski definition) is 3. The Morgan fingerprint density at radius 1 is 0.941 bits per heavy atom. The number of carbonyl (C=O) groups excluding carboxylic acids is 2. The molecule has 0 saturated heterocycles. The van der Waals surface area contributed by atoms with Crippen LogP contribution in [0.5, 0.6) is 0 Å². The number of anilines is 1. The number of rotatable bonds is 5. The zero-order valence-corrected chi connectivity index (χ0v) is 18.2. The molecule has 0 bridgehead atoms. The lowest BCUT2D eigenvalue weighted by atomic mass is 9.99. The second-order valence-corrected chi connectivity index (χ2v) is 8.32. The third-order valence-corrected chi connectivity index (χ3v) is 6.24. The minimum Gasteiger partial charge on any atom is -0.361 e. The van der Waals surface area contributed by atoms with Crippen LogP contribution in [0, 0.1) is 0 Å². The van der Waals surface area contributed by atoms with E-state index in [9.17, 15) is 9.59 Å². The molecule has 3 aromatic carbocycles. The first-order chi connectivity index (χ1) is 16.7. The molecule has 0 radical (unpaired) electrons. The van der Waals surface area contributed by atoms with Gasteiger partial charge in [-0.15, -0.1) is 0 Å². The van der Waals surface area contributed by atoms with Crippen molar-refractivity contribution in [1.82, 2.24) is 19.9 Å². The van der Waals surface area contributed by atoms with Crippen molar-refractivity contribution in [2.45, 2.75) is 12.6 Å². The van der Waals surface area contributed by atoms with Crippen molar-refractivity contribution in [3.05, 3.63) is 108 Å². The predicted molar refractivity (Wildman–Crippen MR) is 130 cm³/mol. The lowest BCUT2D eigenvalue weighted by Gasteiger charge is -2.27. The fourth-order valence-electron chi connectivity index (χ4n) is 4.57. The van der Waals surface area contributed by atoms with Gasteiger partial charge < -0.3 is 14.9 Å². The molecule has 34 heavy (non-hydrogen) atoms. The summed E-state index contributed by atoms with van der Waals surface area (Å²) in [6, 6.07) is 22.7. The summed E-state index contributed by atoms with van der Waals surface area (Å²) < 4.78 is 0. The van der Waals surface area contributed by atoms with Crippen LogP contribution in [0.3, 0.4) is 0 Å². The second-order valence-electron chi connectivity index (χ2n) is 8.32. The molecule has 0 saturated carbocycles. The van der Waals surface area contributed by atoms with E-state index >= 15 is 0 Å². The number of fused-ring (bicyclic) bond motifs is 2. The van der Waals surface area contributed by atoms with E-state index in [2.05, 4.69) is 26.3 Å². The minimum absolute atomic E-state index is 0.164. The molecule has 2 amide bonds. The molecule has 2 aromatic heterocycles. The number of imidazole rings is 1. The summed E-state index contributed by atoms with van der Waals surface area (Å²) in [6.07, 6.45) is 5.11. The first-order valence-corrected chi connectivity index (χ1v) is 11.0. The molecular weight excluding hydrogens is 426 g/mol. The minimum atomic E-state index is -0.786. The van der Waals surface area contributed by atoms with Crippen molar-refractivity contribution in [3.8, 4) is 11.1 Å². The Balaban J connectivity index is 1.35. The fourth-order valence-corrected chi connectivity index (χ4v) is 4.57. The van der Waals surface area contributed by atoms with Crippen LogP contribution in [-0.4, -0.2) is 31.7 Å². The standard InChI is InChI=1S/C27H21N5O2/c33-25(31-27-29-12-13-30-27)24(17-4-2-1-3-5-17)32-16-21-7-6-19(15-22(21)26(32)34)18-8-9-23-20(14-18)10-11-28-23/h1-15,24,28H,16H2,(H2,29,30,31,33). The quantitative estimate of drug-likeness (QED) is 0.358. The van der Waals surface area contributed by atoms with Crippen LogP contribution in [0.15, 0.2) is 91.4 Å². The lowest BCUT2D eigenvalue weighted by Crippen LogP contribution is -2.37. The summed E-state index contributed by atoms with van der Waals surface area (Å²) in [4.78, 5) is 38.7. The monoisotopic (exact) mass is 447 g/mol. The summed E-state index contributed by atoms with van der Waals surface area (Å²) in [6.45, 7) is 0.358. The average molecular weight is 447 g/mol. The number of carbonyl (C=O) groups is 2. The first-order valence-electron chi connectivity index (χ1n) is 11.0. The van der Waals surface area contributed by atoms with Gasteiger partial charge in [0.25, 0.3) is 11.8 Å². The number of H-pyrrole nitrogens is 2. The maximum atomic E-state index is 13.6.